The molecule has 0 aromatic carbocycles. The molecule has 3 heterocycles. The van der Waals surface area contributed by atoms with Crippen molar-refractivity contribution in [1.82, 2.24) is 4.98 Å². The summed E-state index contributed by atoms with van der Waals surface area (Å²) in [5.74, 6) is 1.98. The van der Waals surface area contributed by atoms with E-state index in [4.69, 9.17) is 4.74 Å². The highest BCUT2D eigenvalue weighted by Crippen LogP contribution is 2.35. The molecule has 1 atom stereocenters. The van der Waals surface area contributed by atoms with E-state index in [9.17, 15) is 0 Å². The van der Waals surface area contributed by atoms with Gasteiger partial charge in [-0.05, 0) is 25.0 Å². The van der Waals surface area contributed by atoms with Crippen molar-refractivity contribution in [3.8, 4) is 5.75 Å². The highest BCUT2D eigenvalue weighted by molar-refractivity contribution is 5.55. The predicted molar refractivity (Wildman–Crippen MR) is 50.1 cm³/mol. The van der Waals surface area contributed by atoms with Crippen molar-refractivity contribution < 1.29 is 4.74 Å². The minimum atomic E-state index is 0.572. The Labute approximate surface area is 77.3 Å². The number of hydrogen-bond acceptors (Lipinski definition) is 3. The van der Waals surface area contributed by atoms with Crippen molar-refractivity contribution in [1.29, 1.82) is 0 Å². The summed E-state index contributed by atoms with van der Waals surface area (Å²) in [4.78, 5) is 6.74. The smallest absolute Gasteiger partial charge is 0.171 e. The van der Waals surface area contributed by atoms with Crippen LogP contribution in [-0.2, 0) is 0 Å². The lowest BCUT2D eigenvalue weighted by Crippen LogP contribution is -2.38. The van der Waals surface area contributed by atoms with Crippen LogP contribution in [0.2, 0.25) is 0 Å². The van der Waals surface area contributed by atoms with Gasteiger partial charge >= 0.3 is 0 Å². The van der Waals surface area contributed by atoms with Crippen LogP contribution in [0.3, 0.4) is 0 Å². The molecule has 2 aliphatic rings. The fraction of sp³-hybridized carbons (Fsp3) is 0.500. The summed E-state index contributed by atoms with van der Waals surface area (Å²) in [7, 11) is 0. The van der Waals surface area contributed by atoms with Crippen LogP contribution in [0, 0.1) is 0 Å². The average molecular weight is 176 g/mol. The van der Waals surface area contributed by atoms with Crippen molar-refractivity contribution >= 4 is 5.82 Å². The lowest BCUT2D eigenvalue weighted by atomic mass is 10.2. The lowest BCUT2D eigenvalue weighted by molar-refractivity contribution is 0.270. The Morgan fingerprint density at radius 2 is 2.54 bits per heavy atom. The summed E-state index contributed by atoms with van der Waals surface area (Å²) < 4.78 is 5.63. The second-order valence-corrected chi connectivity index (χ2v) is 3.63. The molecule has 1 aromatic heterocycles. The summed E-state index contributed by atoms with van der Waals surface area (Å²) in [6.07, 6.45) is 4.35. The molecule has 0 unspecified atom stereocenters. The van der Waals surface area contributed by atoms with Gasteiger partial charge in [0.25, 0.3) is 0 Å². The Morgan fingerprint density at radius 3 is 3.54 bits per heavy atom. The predicted octanol–water partition coefficient (Wildman–Crippen LogP) is 1.44. The van der Waals surface area contributed by atoms with Crippen LogP contribution in [0.1, 0.15) is 12.8 Å². The van der Waals surface area contributed by atoms with Crippen molar-refractivity contribution in [2.24, 2.45) is 0 Å². The molecule has 0 N–H and O–H groups in total. The lowest BCUT2D eigenvalue weighted by Gasteiger charge is -2.31. The molecule has 0 saturated carbocycles. The number of hydrogen-bond donors (Lipinski definition) is 0. The highest BCUT2D eigenvalue weighted by Gasteiger charge is 2.31. The summed E-state index contributed by atoms with van der Waals surface area (Å²) in [6.45, 7) is 1.97. The first kappa shape index (κ1) is 7.18. The second-order valence-electron chi connectivity index (χ2n) is 3.63. The molecule has 1 fully saturated rings. The van der Waals surface area contributed by atoms with Gasteiger partial charge in [-0.1, -0.05) is 0 Å². The van der Waals surface area contributed by atoms with Crippen LogP contribution >= 0.6 is 0 Å². The van der Waals surface area contributed by atoms with Gasteiger partial charge in [-0.15, -0.1) is 0 Å². The topological polar surface area (TPSA) is 25.4 Å². The van der Waals surface area contributed by atoms with E-state index in [-0.39, 0.29) is 0 Å². The molecule has 3 nitrogen and oxygen atoms in total. The summed E-state index contributed by atoms with van der Waals surface area (Å²) in [5.41, 5.74) is 0. The third kappa shape index (κ3) is 0.996. The van der Waals surface area contributed by atoms with E-state index < -0.39 is 0 Å². The SMILES string of the molecule is c1cnc2c(c1)OC[C@H]1CCCN21. The van der Waals surface area contributed by atoms with Gasteiger partial charge in [0.2, 0.25) is 0 Å². The van der Waals surface area contributed by atoms with Crippen LogP contribution in [0.25, 0.3) is 0 Å². The van der Waals surface area contributed by atoms with Gasteiger partial charge in [0.15, 0.2) is 11.6 Å². The van der Waals surface area contributed by atoms with Crippen molar-refractivity contribution in [3.05, 3.63) is 18.3 Å². The third-order valence-corrected chi connectivity index (χ3v) is 2.83. The van der Waals surface area contributed by atoms with Crippen molar-refractivity contribution in [3.63, 3.8) is 0 Å². The molecule has 3 rings (SSSR count). The molecule has 0 amide bonds. The maximum Gasteiger partial charge on any atom is 0.171 e. The van der Waals surface area contributed by atoms with Crippen LogP contribution in [0.4, 0.5) is 5.82 Å². The second kappa shape index (κ2) is 2.62. The first-order valence-electron chi connectivity index (χ1n) is 4.79. The van der Waals surface area contributed by atoms with Gasteiger partial charge in [-0.3, -0.25) is 0 Å². The zero-order chi connectivity index (χ0) is 8.67. The third-order valence-electron chi connectivity index (χ3n) is 2.83. The van der Waals surface area contributed by atoms with Gasteiger partial charge in [0.05, 0.1) is 6.04 Å². The monoisotopic (exact) mass is 176 g/mol. The molecular weight excluding hydrogens is 164 g/mol. The molecule has 1 aromatic rings. The maximum absolute atomic E-state index is 5.63. The summed E-state index contributed by atoms with van der Waals surface area (Å²) >= 11 is 0. The normalized spacial score (nSPS) is 24.9. The van der Waals surface area contributed by atoms with E-state index in [1.54, 1.807) is 0 Å². The van der Waals surface area contributed by atoms with Crippen molar-refractivity contribution in [2.45, 2.75) is 18.9 Å². The fourth-order valence-electron chi connectivity index (χ4n) is 2.18. The molecule has 68 valence electrons. The van der Waals surface area contributed by atoms with E-state index in [0.29, 0.717) is 6.04 Å². The van der Waals surface area contributed by atoms with E-state index in [1.165, 1.54) is 12.8 Å². The van der Waals surface area contributed by atoms with Crippen LogP contribution in [0.5, 0.6) is 5.75 Å². The van der Waals surface area contributed by atoms with Gasteiger partial charge in [0, 0.05) is 12.7 Å². The van der Waals surface area contributed by atoms with Gasteiger partial charge < -0.3 is 9.64 Å². The van der Waals surface area contributed by atoms with Gasteiger partial charge in [0.1, 0.15) is 6.61 Å². The standard InChI is InChI=1S/C10H12N2O/c1-4-9-10(11-5-1)12-6-2-3-8(12)7-13-9/h1,4-5,8H,2-3,6-7H2/t8-/m1/s1. The first-order chi connectivity index (χ1) is 6.45. The Bertz CT molecular complexity index is 326. The van der Waals surface area contributed by atoms with Gasteiger partial charge in [-0.25, -0.2) is 4.98 Å². The molecule has 3 heteroatoms. The van der Waals surface area contributed by atoms with E-state index in [1.807, 2.05) is 18.3 Å². The highest BCUT2D eigenvalue weighted by atomic mass is 16.5. The molecule has 0 aliphatic carbocycles. The molecule has 13 heavy (non-hydrogen) atoms. The molecule has 0 bridgehead atoms. The van der Waals surface area contributed by atoms with E-state index >= 15 is 0 Å². The quantitative estimate of drug-likeness (QED) is 0.598. The zero-order valence-electron chi connectivity index (χ0n) is 7.44. The minimum absolute atomic E-state index is 0.572. The van der Waals surface area contributed by atoms with Crippen molar-refractivity contribution in [2.75, 3.05) is 18.1 Å². The number of rotatable bonds is 0. The fourth-order valence-corrected chi connectivity index (χ4v) is 2.18. The number of fused-ring (bicyclic) bond motifs is 3. The number of anilines is 1. The Balaban J connectivity index is 2.06. The van der Waals surface area contributed by atoms with Crippen LogP contribution < -0.4 is 9.64 Å². The summed E-state index contributed by atoms with van der Waals surface area (Å²) in [6, 6.07) is 4.49. The average Bonchev–Trinajstić information content (AvgIpc) is 2.65. The van der Waals surface area contributed by atoms with E-state index in [0.717, 1.165) is 24.7 Å². The largest absolute Gasteiger partial charge is 0.488 e. The molecule has 0 radical (unpaired) electrons. The Hall–Kier alpha value is -1.25. The number of ether oxygens (including phenoxy) is 1. The van der Waals surface area contributed by atoms with Crippen LogP contribution in [0.15, 0.2) is 18.3 Å². The first-order valence-corrected chi connectivity index (χ1v) is 4.79. The Kier molecular flexibility index (Phi) is 1.45. The summed E-state index contributed by atoms with van der Waals surface area (Å²) in [5, 5.41) is 0. The number of nitrogens with zero attached hydrogens (tertiary/aromatic N) is 2. The van der Waals surface area contributed by atoms with Crippen LogP contribution in [-0.4, -0.2) is 24.2 Å². The maximum atomic E-state index is 5.63. The molecule has 1 saturated heterocycles. The molecule has 2 aliphatic heterocycles. The number of aromatic nitrogens is 1. The minimum Gasteiger partial charge on any atom is -0.488 e. The molecular formula is C10H12N2O. The number of pyridine rings is 1. The molecule has 0 spiro atoms. The van der Waals surface area contributed by atoms with E-state index in [2.05, 4.69) is 9.88 Å². The zero-order valence-corrected chi connectivity index (χ0v) is 7.44. The Morgan fingerprint density at radius 1 is 1.54 bits per heavy atom. The van der Waals surface area contributed by atoms with Gasteiger partial charge in [-0.2, -0.15) is 0 Å².